The lowest BCUT2D eigenvalue weighted by atomic mass is 9.99. The quantitative estimate of drug-likeness (QED) is 0.404. The van der Waals surface area contributed by atoms with Crippen molar-refractivity contribution in [1.29, 1.82) is 0 Å². The van der Waals surface area contributed by atoms with Gasteiger partial charge in [-0.2, -0.15) is 13.2 Å². The smallest absolute Gasteiger partial charge is 0.343 e. The van der Waals surface area contributed by atoms with Crippen LogP contribution in [0.4, 0.5) is 27.8 Å². The second-order valence-corrected chi connectivity index (χ2v) is 7.98. The van der Waals surface area contributed by atoms with Crippen LogP contribution in [0.25, 0.3) is 5.70 Å². The van der Waals surface area contributed by atoms with Crippen molar-refractivity contribution >= 4 is 17.4 Å². The number of alkyl halides is 3. The molecule has 1 aliphatic heterocycles. The maximum Gasteiger partial charge on any atom is 0.416 e. The summed E-state index contributed by atoms with van der Waals surface area (Å²) in [5.41, 5.74) is -0.0769. The highest BCUT2D eigenvalue weighted by Crippen LogP contribution is 2.37. The summed E-state index contributed by atoms with van der Waals surface area (Å²) in [6.07, 6.45) is -1.10. The zero-order chi connectivity index (χ0) is 25.2. The van der Waals surface area contributed by atoms with Gasteiger partial charge in [-0.3, -0.25) is 0 Å². The Morgan fingerprint density at radius 2 is 1.86 bits per heavy atom. The van der Waals surface area contributed by atoms with E-state index in [1.54, 1.807) is 0 Å². The fourth-order valence-electron chi connectivity index (χ4n) is 3.89. The fourth-order valence-corrected chi connectivity index (χ4v) is 3.89. The van der Waals surface area contributed by atoms with Crippen LogP contribution in [0.1, 0.15) is 53.9 Å². The molecule has 0 saturated heterocycles. The zero-order valence-corrected chi connectivity index (χ0v) is 18.8. The number of halogens is 5. The topological polar surface area (TPSA) is 62.2 Å². The van der Waals surface area contributed by atoms with Gasteiger partial charge in [0.25, 0.3) is 0 Å². The van der Waals surface area contributed by atoms with Crippen molar-refractivity contribution in [2.24, 2.45) is 4.99 Å². The van der Waals surface area contributed by atoms with Gasteiger partial charge in [0.1, 0.15) is 23.5 Å². The number of hydrogen-bond acceptors (Lipinski definition) is 5. The number of aromatic nitrogens is 2. The summed E-state index contributed by atoms with van der Waals surface area (Å²) < 4.78 is 69.6. The van der Waals surface area contributed by atoms with Crippen LogP contribution < -0.4 is 10.6 Å². The minimum atomic E-state index is -4.60. The highest BCUT2D eigenvalue weighted by Gasteiger charge is 2.36. The summed E-state index contributed by atoms with van der Waals surface area (Å²) >= 11 is 0. The average molecular weight is 487 g/mol. The normalized spacial score (nSPS) is 15.1. The number of rotatable bonds is 6. The van der Waals surface area contributed by atoms with Crippen molar-refractivity contribution in [3.63, 3.8) is 0 Å². The first-order valence-corrected chi connectivity index (χ1v) is 10.9. The van der Waals surface area contributed by atoms with E-state index in [4.69, 9.17) is 0 Å². The van der Waals surface area contributed by atoms with Gasteiger partial charge >= 0.3 is 6.18 Å². The molecule has 35 heavy (non-hydrogen) atoms. The zero-order valence-electron chi connectivity index (χ0n) is 18.8. The Morgan fingerprint density at radius 1 is 1.11 bits per heavy atom. The van der Waals surface area contributed by atoms with Crippen molar-refractivity contribution in [2.45, 2.75) is 38.5 Å². The summed E-state index contributed by atoms with van der Waals surface area (Å²) in [5.74, 6) is -1.19. The summed E-state index contributed by atoms with van der Waals surface area (Å²) in [5, 5.41) is 5.79. The predicted octanol–water partition coefficient (Wildman–Crippen LogP) is 6.25. The molecule has 0 aliphatic carbocycles. The van der Waals surface area contributed by atoms with Crippen LogP contribution in [0.15, 0.2) is 60.4 Å². The lowest BCUT2D eigenvalue weighted by molar-refractivity contribution is -0.138. The SMILES string of the molecule is C=C(NC1=NC(c2ccccc2C(F)(F)F)Nc2nccnc21)c1cc(F)cc(F)c1CCCC. The maximum atomic E-state index is 14.6. The molecule has 0 fully saturated rings. The molecule has 0 saturated carbocycles. The largest absolute Gasteiger partial charge is 0.416 e. The molecule has 5 nitrogen and oxygen atoms in total. The first-order valence-electron chi connectivity index (χ1n) is 10.9. The highest BCUT2D eigenvalue weighted by molar-refractivity contribution is 6.06. The minimum Gasteiger partial charge on any atom is -0.343 e. The Kier molecular flexibility index (Phi) is 6.81. The summed E-state index contributed by atoms with van der Waals surface area (Å²) in [4.78, 5) is 12.8. The van der Waals surface area contributed by atoms with Gasteiger partial charge in [-0.1, -0.05) is 38.1 Å². The molecule has 1 atom stereocenters. The van der Waals surface area contributed by atoms with E-state index in [2.05, 4.69) is 32.2 Å². The van der Waals surface area contributed by atoms with Crippen molar-refractivity contribution in [1.82, 2.24) is 15.3 Å². The Morgan fingerprint density at radius 3 is 2.60 bits per heavy atom. The third-order valence-electron chi connectivity index (χ3n) is 5.55. The molecule has 2 N–H and O–H groups in total. The highest BCUT2D eigenvalue weighted by atomic mass is 19.4. The standard InChI is InChI=1S/C25H22F5N5/c1-3-4-7-16-18(12-15(26)13-20(16)27)14(2)33-24-21-23(32-11-10-31-21)34-22(35-24)17-8-5-6-9-19(17)25(28,29)30/h5-6,8-13,22H,2-4,7H2,1H3,(H,32,34)(H,33,35). The molecule has 0 bridgehead atoms. The molecule has 182 valence electrons. The molecule has 0 amide bonds. The summed E-state index contributed by atoms with van der Waals surface area (Å²) in [7, 11) is 0. The second-order valence-electron chi connectivity index (χ2n) is 7.98. The number of anilines is 1. The molecule has 0 radical (unpaired) electrons. The molecular formula is C25H22F5N5. The molecule has 0 spiro atoms. The predicted molar refractivity (Wildman–Crippen MR) is 124 cm³/mol. The van der Waals surface area contributed by atoms with Crippen molar-refractivity contribution in [3.05, 3.63) is 95.0 Å². The van der Waals surface area contributed by atoms with E-state index < -0.39 is 29.5 Å². The number of amidine groups is 1. The third-order valence-corrected chi connectivity index (χ3v) is 5.55. The van der Waals surface area contributed by atoms with E-state index in [9.17, 15) is 22.0 Å². The van der Waals surface area contributed by atoms with Crippen molar-refractivity contribution in [3.8, 4) is 0 Å². The van der Waals surface area contributed by atoms with E-state index in [0.717, 1.165) is 18.6 Å². The molecule has 4 rings (SSSR count). The van der Waals surface area contributed by atoms with Gasteiger partial charge in [0.05, 0.1) is 5.56 Å². The molecule has 1 aromatic heterocycles. The average Bonchev–Trinajstić information content (AvgIpc) is 2.82. The van der Waals surface area contributed by atoms with Gasteiger partial charge in [0.2, 0.25) is 0 Å². The minimum absolute atomic E-state index is 0.0740. The van der Waals surface area contributed by atoms with Crippen LogP contribution in [-0.4, -0.2) is 15.8 Å². The summed E-state index contributed by atoms with van der Waals surface area (Å²) in [6.45, 7) is 5.87. The van der Waals surface area contributed by atoms with E-state index in [1.807, 2.05) is 6.92 Å². The third kappa shape index (κ3) is 5.16. The van der Waals surface area contributed by atoms with Crippen LogP contribution in [0.3, 0.4) is 0 Å². The van der Waals surface area contributed by atoms with E-state index in [1.165, 1.54) is 36.7 Å². The van der Waals surface area contributed by atoms with Gasteiger partial charge in [0, 0.05) is 35.3 Å². The molecule has 2 aromatic carbocycles. The lowest BCUT2D eigenvalue weighted by Crippen LogP contribution is -2.32. The number of nitrogens with zero attached hydrogens (tertiary/aromatic N) is 3. The lowest BCUT2D eigenvalue weighted by Gasteiger charge is -2.27. The first kappa shape index (κ1) is 24.3. The van der Waals surface area contributed by atoms with Crippen LogP contribution >= 0.6 is 0 Å². The van der Waals surface area contributed by atoms with Gasteiger partial charge in [-0.25, -0.2) is 23.7 Å². The van der Waals surface area contributed by atoms with Crippen LogP contribution in [-0.2, 0) is 12.6 Å². The van der Waals surface area contributed by atoms with Crippen molar-refractivity contribution < 1.29 is 22.0 Å². The number of aliphatic imine (C=N–C) groups is 1. The second kappa shape index (κ2) is 9.81. The van der Waals surface area contributed by atoms with E-state index in [0.29, 0.717) is 18.4 Å². The van der Waals surface area contributed by atoms with Gasteiger partial charge in [-0.05, 0) is 30.5 Å². The Bertz CT molecular complexity index is 1290. The number of hydrogen-bond donors (Lipinski definition) is 2. The van der Waals surface area contributed by atoms with Gasteiger partial charge in [-0.15, -0.1) is 0 Å². The molecule has 1 unspecified atom stereocenters. The number of benzene rings is 2. The Hall–Kier alpha value is -3.82. The molecule has 10 heteroatoms. The Balaban J connectivity index is 1.75. The molecular weight excluding hydrogens is 465 g/mol. The van der Waals surface area contributed by atoms with Gasteiger partial charge in [0.15, 0.2) is 11.7 Å². The first-order chi connectivity index (χ1) is 16.7. The van der Waals surface area contributed by atoms with Crippen LogP contribution in [0.2, 0.25) is 0 Å². The number of nitrogens with one attached hydrogen (secondary N) is 2. The molecule has 2 heterocycles. The van der Waals surface area contributed by atoms with Crippen LogP contribution in [0.5, 0.6) is 0 Å². The summed E-state index contributed by atoms with van der Waals surface area (Å²) in [6, 6.07) is 7.05. The van der Waals surface area contributed by atoms with Gasteiger partial charge < -0.3 is 10.6 Å². The Labute approximate surface area is 198 Å². The van der Waals surface area contributed by atoms with Crippen LogP contribution in [0, 0.1) is 11.6 Å². The number of fused-ring (bicyclic) bond motifs is 1. The molecule has 3 aromatic rings. The maximum absolute atomic E-state index is 14.6. The molecule has 1 aliphatic rings. The van der Waals surface area contributed by atoms with E-state index >= 15 is 0 Å². The number of unbranched alkanes of at least 4 members (excludes halogenated alkanes) is 1. The van der Waals surface area contributed by atoms with E-state index in [-0.39, 0.29) is 34.2 Å². The monoisotopic (exact) mass is 487 g/mol. The van der Waals surface area contributed by atoms with Crippen molar-refractivity contribution in [2.75, 3.05) is 5.32 Å². The fraction of sp³-hybridized carbons (Fsp3) is 0.240.